The molecule has 4 aromatic rings. The van der Waals surface area contributed by atoms with Gasteiger partial charge in [-0.2, -0.15) is 5.10 Å². The third kappa shape index (κ3) is 4.06. The maximum Gasteiger partial charge on any atom is 0.129 e. The van der Waals surface area contributed by atoms with Crippen LogP contribution in [-0.2, 0) is 6.42 Å². The summed E-state index contributed by atoms with van der Waals surface area (Å²) in [7, 11) is 0. The summed E-state index contributed by atoms with van der Waals surface area (Å²) in [5.41, 5.74) is 5.30. The molecule has 2 heterocycles. The Hall–Kier alpha value is -3.40. The lowest BCUT2D eigenvalue weighted by Crippen LogP contribution is -1.99. The Kier molecular flexibility index (Phi) is 4.71. The molecule has 4 nitrogen and oxygen atoms in total. The van der Waals surface area contributed by atoms with Crippen molar-refractivity contribution in [2.24, 2.45) is 0 Å². The normalized spacial score (nSPS) is 10.7. The van der Waals surface area contributed by atoms with Gasteiger partial charge in [-0.1, -0.05) is 24.3 Å². The highest BCUT2D eigenvalue weighted by Gasteiger charge is 2.06. The molecule has 27 heavy (non-hydrogen) atoms. The zero-order chi connectivity index (χ0) is 18.6. The van der Waals surface area contributed by atoms with Gasteiger partial charge >= 0.3 is 0 Å². The molecule has 0 aliphatic carbocycles. The zero-order valence-electron chi connectivity index (χ0n) is 15.5. The lowest BCUT2D eigenvalue weighted by Gasteiger charge is -2.10. The predicted octanol–water partition coefficient (Wildman–Crippen LogP) is 5.27. The average molecular weight is 355 g/mol. The van der Waals surface area contributed by atoms with Gasteiger partial charge in [-0.25, -0.2) is 4.68 Å². The maximum absolute atomic E-state index is 6.10. The molecule has 2 aromatic heterocycles. The first-order valence-corrected chi connectivity index (χ1v) is 8.98. The van der Waals surface area contributed by atoms with Gasteiger partial charge in [-0.3, -0.25) is 4.98 Å². The molecular formula is C23H21N3O. The monoisotopic (exact) mass is 355 g/mol. The third-order valence-corrected chi connectivity index (χ3v) is 4.32. The van der Waals surface area contributed by atoms with Crippen LogP contribution in [0.15, 0.2) is 79.0 Å². The number of aromatic nitrogens is 3. The van der Waals surface area contributed by atoms with Crippen LogP contribution in [0.2, 0.25) is 0 Å². The SMILES string of the molecule is Cc1cc(C)n(-c2cccc(Oc3cccc(Cc4ccccn4)c3)c2)n1. The first kappa shape index (κ1) is 17.0. The van der Waals surface area contributed by atoms with Gasteiger partial charge in [0.25, 0.3) is 0 Å². The molecule has 0 spiro atoms. The van der Waals surface area contributed by atoms with Crippen molar-refractivity contribution in [3.8, 4) is 17.2 Å². The first-order chi connectivity index (χ1) is 13.2. The third-order valence-electron chi connectivity index (χ3n) is 4.32. The van der Waals surface area contributed by atoms with Crippen molar-refractivity contribution in [3.63, 3.8) is 0 Å². The lowest BCUT2D eigenvalue weighted by atomic mass is 10.1. The molecule has 0 unspecified atom stereocenters. The van der Waals surface area contributed by atoms with E-state index in [1.807, 2.05) is 72.4 Å². The number of hydrogen-bond acceptors (Lipinski definition) is 3. The summed E-state index contributed by atoms with van der Waals surface area (Å²) >= 11 is 0. The molecule has 0 saturated carbocycles. The minimum Gasteiger partial charge on any atom is -0.457 e. The van der Waals surface area contributed by atoms with E-state index >= 15 is 0 Å². The van der Waals surface area contributed by atoms with Gasteiger partial charge in [0.15, 0.2) is 0 Å². The van der Waals surface area contributed by atoms with E-state index in [9.17, 15) is 0 Å². The van der Waals surface area contributed by atoms with Crippen molar-refractivity contribution in [2.45, 2.75) is 20.3 Å². The predicted molar refractivity (Wildman–Crippen MR) is 107 cm³/mol. The molecule has 0 atom stereocenters. The first-order valence-electron chi connectivity index (χ1n) is 8.98. The van der Waals surface area contributed by atoms with E-state index in [-0.39, 0.29) is 0 Å². The Labute approximate surface area is 159 Å². The van der Waals surface area contributed by atoms with Gasteiger partial charge in [0, 0.05) is 30.1 Å². The van der Waals surface area contributed by atoms with Crippen molar-refractivity contribution < 1.29 is 4.74 Å². The minimum atomic E-state index is 0.782. The van der Waals surface area contributed by atoms with E-state index in [0.717, 1.165) is 40.7 Å². The number of pyridine rings is 1. The van der Waals surface area contributed by atoms with Gasteiger partial charge in [0.1, 0.15) is 11.5 Å². The molecule has 0 aliphatic rings. The van der Waals surface area contributed by atoms with Crippen LogP contribution >= 0.6 is 0 Å². The smallest absolute Gasteiger partial charge is 0.129 e. The summed E-state index contributed by atoms with van der Waals surface area (Å²) in [5, 5.41) is 4.54. The quantitative estimate of drug-likeness (QED) is 0.490. The van der Waals surface area contributed by atoms with Crippen molar-refractivity contribution in [3.05, 3.63) is 102 Å². The van der Waals surface area contributed by atoms with Crippen LogP contribution in [0.3, 0.4) is 0 Å². The van der Waals surface area contributed by atoms with E-state index in [0.29, 0.717) is 0 Å². The molecule has 0 amide bonds. The molecule has 0 fully saturated rings. The standard InChI is InChI=1S/C23H21N3O/c1-17-13-18(2)26(25-17)21-9-6-11-23(16-21)27-22-10-5-7-19(15-22)14-20-8-3-4-12-24-20/h3-13,15-16H,14H2,1-2H3. The highest BCUT2D eigenvalue weighted by molar-refractivity contribution is 5.42. The fourth-order valence-electron chi connectivity index (χ4n) is 3.14. The molecule has 0 radical (unpaired) electrons. The second-order valence-electron chi connectivity index (χ2n) is 6.58. The Balaban J connectivity index is 1.55. The molecule has 0 N–H and O–H groups in total. The van der Waals surface area contributed by atoms with Crippen LogP contribution in [-0.4, -0.2) is 14.8 Å². The Bertz CT molecular complexity index is 1050. The summed E-state index contributed by atoms with van der Waals surface area (Å²) in [6, 6.07) is 24.1. The van der Waals surface area contributed by atoms with E-state index in [2.05, 4.69) is 35.2 Å². The second-order valence-corrected chi connectivity index (χ2v) is 6.58. The largest absolute Gasteiger partial charge is 0.457 e. The van der Waals surface area contributed by atoms with E-state index in [1.165, 1.54) is 5.56 Å². The highest BCUT2D eigenvalue weighted by atomic mass is 16.5. The lowest BCUT2D eigenvalue weighted by molar-refractivity contribution is 0.481. The summed E-state index contributed by atoms with van der Waals surface area (Å²) in [6.45, 7) is 4.05. The number of benzene rings is 2. The van der Waals surface area contributed by atoms with Gasteiger partial charge in [-0.05, 0) is 61.9 Å². The van der Waals surface area contributed by atoms with Gasteiger partial charge in [0.2, 0.25) is 0 Å². The number of ether oxygens (including phenoxy) is 1. The van der Waals surface area contributed by atoms with Crippen molar-refractivity contribution in [2.75, 3.05) is 0 Å². The number of nitrogens with zero attached hydrogens (tertiary/aromatic N) is 3. The number of rotatable bonds is 5. The molecule has 0 bridgehead atoms. The van der Waals surface area contributed by atoms with E-state index < -0.39 is 0 Å². The van der Waals surface area contributed by atoms with Crippen LogP contribution in [0.4, 0.5) is 0 Å². The zero-order valence-corrected chi connectivity index (χ0v) is 15.5. The average Bonchev–Trinajstić information content (AvgIpc) is 3.01. The van der Waals surface area contributed by atoms with E-state index in [4.69, 9.17) is 4.74 Å². The summed E-state index contributed by atoms with van der Waals surface area (Å²) in [4.78, 5) is 4.39. The molecule has 0 aliphatic heterocycles. The van der Waals surface area contributed by atoms with Crippen LogP contribution < -0.4 is 4.74 Å². The van der Waals surface area contributed by atoms with Crippen LogP contribution in [0.5, 0.6) is 11.5 Å². The molecule has 4 heteroatoms. The topological polar surface area (TPSA) is 39.9 Å². The maximum atomic E-state index is 6.10. The second kappa shape index (κ2) is 7.46. The molecular weight excluding hydrogens is 334 g/mol. The fourth-order valence-corrected chi connectivity index (χ4v) is 3.14. The number of hydrogen-bond donors (Lipinski definition) is 0. The number of aryl methyl sites for hydroxylation is 2. The summed E-state index contributed by atoms with van der Waals surface area (Å²) < 4.78 is 8.03. The van der Waals surface area contributed by atoms with Crippen LogP contribution in [0.1, 0.15) is 22.6 Å². The Morgan fingerprint density at radius 2 is 1.67 bits per heavy atom. The van der Waals surface area contributed by atoms with Crippen LogP contribution in [0.25, 0.3) is 5.69 Å². The minimum absolute atomic E-state index is 0.782. The van der Waals surface area contributed by atoms with Crippen LogP contribution in [0, 0.1) is 13.8 Å². The summed E-state index contributed by atoms with van der Waals surface area (Å²) in [6.07, 6.45) is 2.60. The summed E-state index contributed by atoms with van der Waals surface area (Å²) in [5.74, 6) is 1.60. The van der Waals surface area contributed by atoms with Gasteiger partial charge < -0.3 is 4.74 Å². The highest BCUT2D eigenvalue weighted by Crippen LogP contribution is 2.25. The molecule has 0 saturated heterocycles. The molecule has 4 rings (SSSR count). The molecule has 2 aromatic carbocycles. The Morgan fingerprint density at radius 3 is 2.41 bits per heavy atom. The fraction of sp³-hybridized carbons (Fsp3) is 0.130. The van der Waals surface area contributed by atoms with E-state index in [1.54, 1.807) is 0 Å². The van der Waals surface area contributed by atoms with Crippen molar-refractivity contribution in [1.82, 2.24) is 14.8 Å². The molecule has 134 valence electrons. The van der Waals surface area contributed by atoms with Crippen molar-refractivity contribution >= 4 is 0 Å². The van der Waals surface area contributed by atoms with Gasteiger partial charge in [0.05, 0.1) is 11.4 Å². The van der Waals surface area contributed by atoms with Gasteiger partial charge in [-0.15, -0.1) is 0 Å². The Morgan fingerprint density at radius 1 is 0.852 bits per heavy atom. The van der Waals surface area contributed by atoms with Crippen molar-refractivity contribution in [1.29, 1.82) is 0 Å².